The topological polar surface area (TPSA) is 35.0 Å². The van der Waals surface area contributed by atoms with Crippen molar-refractivity contribution in [3.63, 3.8) is 0 Å². The second-order valence-electron chi connectivity index (χ2n) is 12.3. The van der Waals surface area contributed by atoms with Gasteiger partial charge in [0.05, 0.1) is 24.6 Å². The first kappa shape index (κ1) is 32.6. The number of hydrogen-bond donors (Lipinski definition) is 0. The van der Waals surface area contributed by atoms with Crippen LogP contribution in [0.4, 0.5) is 17.6 Å². The van der Waals surface area contributed by atoms with Crippen LogP contribution in [0.15, 0.2) is 18.5 Å². The Morgan fingerprint density at radius 3 is 2.25 bits per heavy atom. The van der Waals surface area contributed by atoms with Crippen LogP contribution in [-0.2, 0) is 12.3 Å². The van der Waals surface area contributed by atoms with Gasteiger partial charge in [-0.15, -0.1) is 0 Å². The molecule has 40 heavy (non-hydrogen) atoms. The summed E-state index contributed by atoms with van der Waals surface area (Å²) in [5, 5.41) is 0. The summed E-state index contributed by atoms with van der Waals surface area (Å²) in [6, 6.07) is 3.22. The van der Waals surface area contributed by atoms with Crippen molar-refractivity contribution in [3.8, 4) is 17.1 Å². The summed E-state index contributed by atoms with van der Waals surface area (Å²) in [4.78, 5) is 8.20. The average molecular weight is 581 g/mol. The van der Waals surface area contributed by atoms with Crippen molar-refractivity contribution < 1.29 is 22.3 Å². The predicted molar refractivity (Wildman–Crippen MR) is 158 cm³/mol. The molecule has 1 aromatic carbocycles. The van der Waals surface area contributed by atoms with Crippen molar-refractivity contribution in [2.24, 2.45) is 5.92 Å². The first-order chi connectivity index (χ1) is 19.1. The molecule has 1 aliphatic carbocycles. The van der Waals surface area contributed by atoms with Crippen LogP contribution in [0.2, 0.25) is 25.2 Å². The third kappa shape index (κ3) is 8.77. The molecule has 8 heteroatoms. The fraction of sp³-hybridized carbons (Fsp3) is 0.688. The molecule has 1 unspecified atom stereocenters. The van der Waals surface area contributed by atoms with Crippen molar-refractivity contribution in [2.75, 3.05) is 6.61 Å². The molecule has 224 valence electrons. The maximum Gasteiger partial charge on any atom is 0.276 e. The standard InChI is InChI=1S/C32H48F4N2OSi/c1-5-7-9-10-11-13-18-39-25-22-37-31(38-23-25)29-28(33)21-27-26(30(29)34)17-16-24(32(27,35)36)15-12-14-20-40(3,4)19-8-6-2/h21-24H,5-20H2,1-4H3. The lowest BCUT2D eigenvalue weighted by Crippen LogP contribution is -2.33. The SMILES string of the molecule is CCCCCCCCOc1cnc(-c2c(F)cc3c(c2F)CCC(CCCC[Si](C)(C)CCCC)C3(F)F)nc1. The molecule has 0 amide bonds. The smallest absolute Gasteiger partial charge is 0.276 e. The molecular formula is C32H48F4N2OSi. The van der Waals surface area contributed by atoms with E-state index in [4.69, 9.17) is 4.74 Å². The minimum atomic E-state index is -3.27. The third-order valence-electron chi connectivity index (χ3n) is 8.42. The Bertz CT molecular complexity index is 1060. The lowest BCUT2D eigenvalue weighted by atomic mass is 9.77. The summed E-state index contributed by atoms with van der Waals surface area (Å²) in [7, 11) is -1.28. The first-order valence-electron chi connectivity index (χ1n) is 15.4. The number of unbranched alkanes of at least 4 members (excludes halogenated alkanes) is 7. The van der Waals surface area contributed by atoms with Crippen molar-refractivity contribution >= 4 is 8.07 Å². The molecule has 1 aliphatic rings. The molecule has 3 rings (SSSR count). The molecule has 0 N–H and O–H groups in total. The summed E-state index contributed by atoms with van der Waals surface area (Å²) in [5.41, 5.74) is -1.08. The molecule has 0 aliphatic heterocycles. The number of fused-ring (bicyclic) bond motifs is 1. The maximum atomic E-state index is 15.5. The van der Waals surface area contributed by atoms with Gasteiger partial charge in [0.2, 0.25) is 0 Å². The fourth-order valence-corrected chi connectivity index (χ4v) is 8.59. The Kier molecular flexibility index (Phi) is 12.5. The second-order valence-corrected chi connectivity index (χ2v) is 17.6. The van der Waals surface area contributed by atoms with Gasteiger partial charge in [-0.2, -0.15) is 0 Å². The van der Waals surface area contributed by atoms with Gasteiger partial charge in [0.1, 0.15) is 11.6 Å². The molecule has 2 aromatic rings. The van der Waals surface area contributed by atoms with E-state index in [0.29, 0.717) is 18.8 Å². The molecule has 0 fully saturated rings. The van der Waals surface area contributed by atoms with Crippen LogP contribution in [0.25, 0.3) is 11.4 Å². The minimum Gasteiger partial charge on any atom is -0.490 e. The highest BCUT2D eigenvalue weighted by Crippen LogP contribution is 2.48. The maximum absolute atomic E-state index is 15.5. The lowest BCUT2D eigenvalue weighted by molar-refractivity contribution is -0.0796. The monoisotopic (exact) mass is 580 g/mol. The summed E-state index contributed by atoms with van der Waals surface area (Å²) in [6.07, 6.45) is 14.4. The number of alkyl halides is 2. The molecule has 0 saturated carbocycles. The molecule has 0 saturated heterocycles. The van der Waals surface area contributed by atoms with E-state index in [1.807, 2.05) is 0 Å². The molecular weight excluding hydrogens is 532 g/mol. The molecule has 0 radical (unpaired) electrons. The van der Waals surface area contributed by atoms with E-state index in [1.54, 1.807) is 0 Å². The number of aromatic nitrogens is 2. The van der Waals surface area contributed by atoms with Crippen molar-refractivity contribution in [2.45, 2.75) is 128 Å². The molecule has 3 nitrogen and oxygen atoms in total. The average Bonchev–Trinajstić information content (AvgIpc) is 2.91. The van der Waals surface area contributed by atoms with E-state index in [0.717, 1.165) is 37.8 Å². The van der Waals surface area contributed by atoms with E-state index < -0.39 is 42.7 Å². The van der Waals surface area contributed by atoms with Gasteiger partial charge < -0.3 is 4.74 Å². The number of rotatable bonds is 17. The summed E-state index contributed by atoms with van der Waals surface area (Å²) >= 11 is 0. The molecule has 1 aromatic heterocycles. The Morgan fingerprint density at radius 2 is 1.55 bits per heavy atom. The number of nitrogens with zero attached hydrogens (tertiary/aromatic N) is 2. The Morgan fingerprint density at radius 1 is 0.900 bits per heavy atom. The zero-order chi connectivity index (χ0) is 29.2. The Hall–Kier alpha value is -1.96. The number of hydrogen-bond acceptors (Lipinski definition) is 3. The molecule has 1 atom stereocenters. The van der Waals surface area contributed by atoms with Gasteiger partial charge in [-0.3, -0.25) is 0 Å². The van der Waals surface area contributed by atoms with E-state index in [2.05, 4.69) is 36.9 Å². The van der Waals surface area contributed by atoms with Crippen LogP contribution in [0.5, 0.6) is 5.75 Å². The molecule has 0 bridgehead atoms. The van der Waals surface area contributed by atoms with Gasteiger partial charge in [-0.25, -0.2) is 27.5 Å². The highest BCUT2D eigenvalue weighted by molar-refractivity contribution is 6.77. The highest BCUT2D eigenvalue weighted by atomic mass is 28.3. The Balaban J connectivity index is 1.62. The quantitative estimate of drug-likeness (QED) is 0.106. The van der Waals surface area contributed by atoms with Crippen LogP contribution in [-0.4, -0.2) is 24.6 Å². The van der Waals surface area contributed by atoms with Gasteiger partial charge in [0, 0.05) is 19.6 Å². The lowest BCUT2D eigenvalue weighted by Gasteiger charge is -2.34. The van der Waals surface area contributed by atoms with Crippen LogP contribution < -0.4 is 4.74 Å². The number of halogens is 4. The van der Waals surface area contributed by atoms with Crippen molar-refractivity contribution in [3.05, 3.63) is 41.2 Å². The summed E-state index contributed by atoms with van der Waals surface area (Å²) in [6.45, 7) is 9.64. The Labute approximate surface area is 239 Å². The van der Waals surface area contributed by atoms with Crippen LogP contribution in [0, 0.1) is 17.6 Å². The van der Waals surface area contributed by atoms with E-state index >= 15 is 17.6 Å². The minimum absolute atomic E-state index is 0.113. The first-order valence-corrected chi connectivity index (χ1v) is 18.9. The fourth-order valence-electron chi connectivity index (χ4n) is 5.82. The van der Waals surface area contributed by atoms with E-state index in [1.165, 1.54) is 57.0 Å². The van der Waals surface area contributed by atoms with E-state index in [9.17, 15) is 0 Å². The van der Waals surface area contributed by atoms with Gasteiger partial charge in [0.25, 0.3) is 5.92 Å². The van der Waals surface area contributed by atoms with E-state index in [-0.39, 0.29) is 24.2 Å². The van der Waals surface area contributed by atoms with Gasteiger partial charge in [-0.1, -0.05) is 96.8 Å². The normalized spacial score (nSPS) is 16.6. The molecule has 0 spiro atoms. The van der Waals surface area contributed by atoms with Crippen molar-refractivity contribution in [1.82, 2.24) is 9.97 Å². The van der Waals surface area contributed by atoms with Crippen LogP contribution >= 0.6 is 0 Å². The third-order valence-corrected chi connectivity index (χ3v) is 11.8. The van der Waals surface area contributed by atoms with Gasteiger partial charge in [0.15, 0.2) is 11.6 Å². The van der Waals surface area contributed by atoms with Crippen molar-refractivity contribution in [1.29, 1.82) is 0 Å². The second kappa shape index (κ2) is 15.3. The largest absolute Gasteiger partial charge is 0.490 e. The van der Waals surface area contributed by atoms with Gasteiger partial charge in [-0.05, 0) is 37.3 Å². The molecule has 1 heterocycles. The predicted octanol–water partition coefficient (Wildman–Crippen LogP) is 10.5. The van der Waals surface area contributed by atoms with Gasteiger partial charge >= 0.3 is 0 Å². The summed E-state index contributed by atoms with van der Waals surface area (Å²) < 4.78 is 67.3. The van der Waals surface area contributed by atoms with Crippen LogP contribution in [0.3, 0.4) is 0 Å². The zero-order valence-corrected chi connectivity index (χ0v) is 25.9. The van der Waals surface area contributed by atoms with Crippen LogP contribution in [0.1, 0.15) is 102 Å². The highest BCUT2D eigenvalue weighted by Gasteiger charge is 2.47. The number of ether oxygens (including phenoxy) is 1. The number of benzene rings is 1. The zero-order valence-electron chi connectivity index (χ0n) is 24.9. The summed E-state index contributed by atoms with van der Waals surface area (Å²) in [5.74, 6) is -5.94.